The zero-order valence-electron chi connectivity index (χ0n) is 16.9. The van der Waals surface area contributed by atoms with Crippen LogP contribution in [0.4, 0.5) is 4.79 Å². The topological polar surface area (TPSA) is 61.9 Å². The van der Waals surface area contributed by atoms with Crippen molar-refractivity contribution < 1.29 is 14.3 Å². The summed E-state index contributed by atoms with van der Waals surface area (Å²) in [5.74, 6) is 0.956. The Labute approximate surface area is 166 Å². The molecule has 1 N–H and O–H groups in total. The van der Waals surface area contributed by atoms with Crippen molar-refractivity contribution in [3.05, 3.63) is 29.8 Å². The van der Waals surface area contributed by atoms with Gasteiger partial charge in [0.2, 0.25) is 5.91 Å². The van der Waals surface area contributed by atoms with Gasteiger partial charge >= 0.3 is 6.03 Å². The van der Waals surface area contributed by atoms with Crippen LogP contribution in [-0.4, -0.2) is 59.8 Å². The number of carbonyl (C=O) groups is 2. The fourth-order valence-electron chi connectivity index (χ4n) is 3.08. The largest absolute Gasteiger partial charge is 0.497 e. The Kier molecular flexibility index (Phi) is 7.83. The highest BCUT2D eigenvalue weighted by molar-refractivity contribution is 8.01. The van der Waals surface area contributed by atoms with Crippen LogP contribution in [0.5, 0.6) is 5.75 Å². The Balaban J connectivity index is 2.12. The van der Waals surface area contributed by atoms with Crippen LogP contribution in [0.1, 0.15) is 45.1 Å². The standard InChI is InChI=1S/C20H31N3O3S/c1-6-17-18(24)23(13-12-22(7-2)20(25)21-14(3)4)19(27-17)15-8-10-16(26-5)11-9-15/h8-11,14,17,19H,6-7,12-13H2,1-5H3,(H,21,25). The van der Waals surface area contributed by atoms with Gasteiger partial charge in [-0.05, 0) is 44.9 Å². The highest BCUT2D eigenvalue weighted by atomic mass is 32.2. The summed E-state index contributed by atoms with van der Waals surface area (Å²) in [6, 6.07) is 7.88. The van der Waals surface area contributed by atoms with Gasteiger partial charge in [0.05, 0.1) is 12.4 Å². The first-order valence-corrected chi connectivity index (χ1v) is 10.5. The van der Waals surface area contributed by atoms with Gasteiger partial charge in [0.15, 0.2) is 0 Å². The molecule has 1 aromatic carbocycles. The van der Waals surface area contributed by atoms with Crippen LogP contribution in [0.15, 0.2) is 24.3 Å². The zero-order chi connectivity index (χ0) is 20.0. The average Bonchev–Trinajstić information content (AvgIpc) is 2.97. The summed E-state index contributed by atoms with van der Waals surface area (Å²) in [5, 5.41) is 2.86. The van der Waals surface area contributed by atoms with Crippen LogP contribution in [0.3, 0.4) is 0 Å². The first-order chi connectivity index (χ1) is 12.9. The van der Waals surface area contributed by atoms with E-state index < -0.39 is 0 Å². The average molecular weight is 394 g/mol. The normalized spacial score (nSPS) is 19.5. The summed E-state index contributed by atoms with van der Waals surface area (Å²) in [4.78, 5) is 28.8. The molecule has 2 atom stereocenters. The number of hydrogen-bond acceptors (Lipinski definition) is 4. The van der Waals surface area contributed by atoms with Gasteiger partial charge in [0.25, 0.3) is 0 Å². The molecule has 0 aliphatic carbocycles. The second-order valence-corrected chi connectivity index (χ2v) is 8.16. The number of nitrogens with zero attached hydrogens (tertiary/aromatic N) is 2. The van der Waals surface area contributed by atoms with Gasteiger partial charge < -0.3 is 19.9 Å². The van der Waals surface area contributed by atoms with Crippen molar-refractivity contribution in [2.45, 2.75) is 50.8 Å². The summed E-state index contributed by atoms with van der Waals surface area (Å²) < 4.78 is 5.24. The molecule has 1 saturated heterocycles. The lowest BCUT2D eigenvalue weighted by molar-refractivity contribution is -0.130. The summed E-state index contributed by atoms with van der Waals surface area (Å²) in [5.41, 5.74) is 1.08. The Morgan fingerprint density at radius 1 is 1.30 bits per heavy atom. The molecule has 1 fully saturated rings. The summed E-state index contributed by atoms with van der Waals surface area (Å²) >= 11 is 1.69. The van der Waals surface area contributed by atoms with Crippen LogP contribution in [0, 0.1) is 0 Å². The molecule has 1 heterocycles. The summed E-state index contributed by atoms with van der Waals surface area (Å²) in [6.07, 6.45) is 0.804. The van der Waals surface area contributed by atoms with E-state index in [0.717, 1.165) is 17.7 Å². The van der Waals surface area contributed by atoms with Gasteiger partial charge in [0, 0.05) is 25.7 Å². The SMILES string of the molecule is CCC1SC(c2ccc(OC)cc2)N(CCN(CC)C(=O)NC(C)C)C1=O. The fraction of sp³-hybridized carbons (Fsp3) is 0.600. The third-order valence-electron chi connectivity index (χ3n) is 4.60. The zero-order valence-corrected chi connectivity index (χ0v) is 17.7. The maximum absolute atomic E-state index is 12.9. The molecule has 6 nitrogen and oxygen atoms in total. The number of urea groups is 1. The molecule has 3 amide bonds. The van der Waals surface area contributed by atoms with Gasteiger partial charge in [-0.1, -0.05) is 19.1 Å². The molecule has 1 aliphatic heterocycles. The van der Waals surface area contributed by atoms with E-state index in [-0.39, 0.29) is 28.6 Å². The number of benzene rings is 1. The molecule has 2 unspecified atom stereocenters. The summed E-state index contributed by atoms with van der Waals surface area (Å²) in [7, 11) is 1.64. The molecule has 27 heavy (non-hydrogen) atoms. The van der Waals surface area contributed by atoms with E-state index in [1.807, 2.05) is 56.9 Å². The summed E-state index contributed by atoms with van der Waals surface area (Å²) in [6.45, 7) is 9.53. The molecule has 0 saturated carbocycles. The number of ether oxygens (including phenoxy) is 1. The number of nitrogens with one attached hydrogen (secondary N) is 1. The Morgan fingerprint density at radius 2 is 1.96 bits per heavy atom. The lowest BCUT2D eigenvalue weighted by atomic mass is 10.2. The number of amides is 3. The van der Waals surface area contributed by atoms with Gasteiger partial charge in [-0.25, -0.2) is 4.79 Å². The monoisotopic (exact) mass is 393 g/mol. The van der Waals surface area contributed by atoms with Crippen molar-refractivity contribution in [3.8, 4) is 5.75 Å². The van der Waals surface area contributed by atoms with Crippen LogP contribution < -0.4 is 10.1 Å². The number of hydrogen-bond donors (Lipinski definition) is 1. The third kappa shape index (κ3) is 5.31. The predicted octanol–water partition coefficient (Wildman–Crippen LogP) is 3.49. The molecule has 7 heteroatoms. The molecule has 0 aromatic heterocycles. The van der Waals surface area contributed by atoms with Crippen molar-refractivity contribution in [2.24, 2.45) is 0 Å². The smallest absolute Gasteiger partial charge is 0.317 e. The van der Waals surface area contributed by atoms with Crippen LogP contribution in [0.2, 0.25) is 0 Å². The minimum atomic E-state index is -0.0835. The first-order valence-electron chi connectivity index (χ1n) is 9.56. The van der Waals surface area contributed by atoms with E-state index in [9.17, 15) is 9.59 Å². The lowest BCUT2D eigenvalue weighted by Crippen LogP contribution is -2.46. The number of rotatable bonds is 8. The van der Waals surface area contributed by atoms with Crippen molar-refractivity contribution in [1.82, 2.24) is 15.1 Å². The van der Waals surface area contributed by atoms with E-state index >= 15 is 0 Å². The van der Waals surface area contributed by atoms with E-state index in [4.69, 9.17) is 4.74 Å². The minimum absolute atomic E-state index is 0.0276. The molecule has 1 aromatic rings. The minimum Gasteiger partial charge on any atom is -0.497 e. The second kappa shape index (κ2) is 9.88. The number of carbonyl (C=O) groups excluding carboxylic acids is 2. The molecule has 150 valence electrons. The number of methoxy groups -OCH3 is 1. The quantitative estimate of drug-likeness (QED) is 0.734. The van der Waals surface area contributed by atoms with Gasteiger partial charge in [-0.2, -0.15) is 0 Å². The first kappa shape index (κ1) is 21.4. The maximum Gasteiger partial charge on any atom is 0.317 e. The van der Waals surface area contributed by atoms with E-state index in [1.54, 1.807) is 23.8 Å². The predicted molar refractivity (Wildman–Crippen MR) is 110 cm³/mol. The second-order valence-electron chi connectivity index (χ2n) is 6.87. The molecule has 2 rings (SSSR count). The molecular weight excluding hydrogens is 362 g/mol. The molecule has 1 aliphatic rings. The van der Waals surface area contributed by atoms with E-state index in [0.29, 0.717) is 19.6 Å². The van der Waals surface area contributed by atoms with Crippen molar-refractivity contribution >= 4 is 23.7 Å². The highest BCUT2D eigenvalue weighted by Crippen LogP contribution is 2.44. The highest BCUT2D eigenvalue weighted by Gasteiger charge is 2.39. The van der Waals surface area contributed by atoms with Gasteiger partial charge in [-0.15, -0.1) is 11.8 Å². The Hall–Kier alpha value is -1.89. The number of likely N-dealkylation sites (N-methyl/N-ethyl adjacent to an activating group) is 1. The van der Waals surface area contributed by atoms with E-state index in [1.165, 1.54) is 0 Å². The van der Waals surface area contributed by atoms with Crippen molar-refractivity contribution in [3.63, 3.8) is 0 Å². The fourth-order valence-corrected chi connectivity index (χ4v) is 4.51. The lowest BCUT2D eigenvalue weighted by Gasteiger charge is -2.29. The van der Waals surface area contributed by atoms with Gasteiger partial charge in [0.1, 0.15) is 11.1 Å². The van der Waals surface area contributed by atoms with Crippen molar-refractivity contribution in [1.29, 1.82) is 0 Å². The molecular formula is C20H31N3O3S. The Bertz CT molecular complexity index is 636. The van der Waals surface area contributed by atoms with Crippen molar-refractivity contribution in [2.75, 3.05) is 26.7 Å². The third-order valence-corrected chi connectivity index (χ3v) is 6.25. The van der Waals surface area contributed by atoms with E-state index in [2.05, 4.69) is 5.32 Å². The molecule has 0 bridgehead atoms. The van der Waals surface area contributed by atoms with Gasteiger partial charge in [-0.3, -0.25) is 4.79 Å². The number of thioether (sulfide) groups is 1. The van der Waals surface area contributed by atoms with Crippen LogP contribution in [-0.2, 0) is 4.79 Å². The Morgan fingerprint density at radius 3 is 2.48 bits per heavy atom. The molecule has 0 radical (unpaired) electrons. The maximum atomic E-state index is 12.9. The van der Waals surface area contributed by atoms with Crippen LogP contribution >= 0.6 is 11.8 Å². The van der Waals surface area contributed by atoms with Crippen LogP contribution in [0.25, 0.3) is 0 Å². The molecule has 0 spiro atoms.